The van der Waals surface area contributed by atoms with E-state index in [1.807, 2.05) is 18.2 Å². The maximum Gasteiger partial charge on any atom is 0.162 e. The topological polar surface area (TPSA) is 35.5 Å². The third-order valence-corrected chi connectivity index (χ3v) is 2.41. The van der Waals surface area contributed by atoms with Gasteiger partial charge in [-0.1, -0.05) is 29.8 Å². The van der Waals surface area contributed by atoms with E-state index >= 15 is 0 Å². The highest BCUT2D eigenvalue weighted by Gasteiger charge is 2.06. The first-order chi connectivity index (χ1) is 7.74. The minimum Gasteiger partial charge on any atom is -0.382 e. The number of ketones is 1. The highest BCUT2D eigenvalue weighted by Crippen LogP contribution is 2.15. The number of carbonyl (C=O) groups is 1. The molecule has 1 aromatic carbocycles. The molecule has 0 aliphatic heterocycles. The summed E-state index contributed by atoms with van der Waals surface area (Å²) in [5, 5.41) is 0.618. The second-order valence-electron chi connectivity index (χ2n) is 3.35. The lowest BCUT2D eigenvalue weighted by molar-refractivity contribution is -0.123. The highest BCUT2D eigenvalue weighted by molar-refractivity contribution is 6.31. The van der Waals surface area contributed by atoms with Gasteiger partial charge in [-0.2, -0.15) is 0 Å². The van der Waals surface area contributed by atoms with Crippen LogP contribution in [0.2, 0.25) is 5.02 Å². The second-order valence-corrected chi connectivity index (χ2v) is 3.76. The molecule has 88 valence electrons. The molecular formula is C12H15ClO3. The summed E-state index contributed by atoms with van der Waals surface area (Å²) >= 11 is 5.94. The van der Waals surface area contributed by atoms with Crippen LogP contribution in [0.4, 0.5) is 0 Å². The minimum absolute atomic E-state index is 0.0178. The lowest BCUT2D eigenvalue weighted by atomic mass is 10.1. The van der Waals surface area contributed by atoms with E-state index in [0.29, 0.717) is 24.7 Å². The van der Waals surface area contributed by atoms with E-state index in [0.717, 1.165) is 5.56 Å². The lowest BCUT2D eigenvalue weighted by Gasteiger charge is -2.04. The second kappa shape index (κ2) is 7.39. The molecule has 0 aromatic heterocycles. The van der Waals surface area contributed by atoms with E-state index in [1.165, 1.54) is 0 Å². The fourth-order valence-electron chi connectivity index (χ4n) is 1.23. The number of hydrogen-bond acceptors (Lipinski definition) is 3. The zero-order chi connectivity index (χ0) is 11.8. The number of rotatable bonds is 7. The fraction of sp³-hybridized carbons (Fsp3) is 0.417. The van der Waals surface area contributed by atoms with E-state index < -0.39 is 0 Å². The van der Waals surface area contributed by atoms with E-state index in [4.69, 9.17) is 21.1 Å². The quantitative estimate of drug-likeness (QED) is 0.687. The first-order valence-electron chi connectivity index (χ1n) is 5.06. The van der Waals surface area contributed by atoms with Crippen LogP contribution in [0.5, 0.6) is 0 Å². The van der Waals surface area contributed by atoms with Crippen molar-refractivity contribution in [3.63, 3.8) is 0 Å². The summed E-state index contributed by atoms with van der Waals surface area (Å²) in [6.45, 7) is 1.04. The predicted molar refractivity (Wildman–Crippen MR) is 62.9 cm³/mol. The molecule has 0 radical (unpaired) electrons. The summed E-state index contributed by atoms with van der Waals surface area (Å²) in [7, 11) is 1.59. The maximum absolute atomic E-state index is 11.5. The third-order valence-electron chi connectivity index (χ3n) is 2.04. The average Bonchev–Trinajstić information content (AvgIpc) is 2.28. The molecule has 0 saturated carbocycles. The smallest absolute Gasteiger partial charge is 0.162 e. The van der Waals surface area contributed by atoms with Gasteiger partial charge in [0, 0.05) is 18.6 Å². The summed E-state index contributed by atoms with van der Waals surface area (Å²) in [4.78, 5) is 11.5. The summed E-state index contributed by atoms with van der Waals surface area (Å²) in [5.41, 5.74) is 0.838. The molecule has 0 heterocycles. The van der Waals surface area contributed by atoms with Gasteiger partial charge >= 0.3 is 0 Å². The van der Waals surface area contributed by atoms with Gasteiger partial charge in [-0.05, 0) is 11.6 Å². The monoisotopic (exact) mass is 242 g/mol. The Kier molecular flexibility index (Phi) is 6.08. The molecule has 0 aliphatic carbocycles. The molecule has 0 bridgehead atoms. The molecular weight excluding hydrogens is 228 g/mol. The van der Waals surface area contributed by atoms with Crippen LogP contribution in [0.15, 0.2) is 24.3 Å². The van der Waals surface area contributed by atoms with Gasteiger partial charge in [0.05, 0.1) is 13.2 Å². The van der Waals surface area contributed by atoms with Crippen molar-refractivity contribution >= 4 is 17.4 Å². The summed E-state index contributed by atoms with van der Waals surface area (Å²) in [6.07, 6.45) is 0.312. The summed E-state index contributed by atoms with van der Waals surface area (Å²) < 4.78 is 9.93. The number of methoxy groups -OCH3 is 1. The largest absolute Gasteiger partial charge is 0.382 e. The standard InChI is InChI=1S/C12H15ClO3/c1-15-6-7-16-9-11(14)8-10-4-2-3-5-12(10)13/h2-5H,6-9H2,1H3. The zero-order valence-electron chi connectivity index (χ0n) is 9.24. The Morgan fingerprint density at radius 2 is 2.06 bits per heavy atom. The average molecular weight is 243 g/mol. The molecule has 1 rings (SSSR count). The van der Waals surface area contributed by atoms with Crippen molar-refractivity contribution < 1.29 is 14.3 Å². The molecule has 0 amide bonds. The summed E-state index contributed by atoms with van der Waals surface area (Å²) in [5.74, 6) is 0.0178. The Balaban J connectivity index is 2.32. The number of carbonyl (C=O) groups excluding carboxylic acids is 1. The van der Waals surface area contributed by atoms with Gasteiger partial charge in [-0.3, -0.25) is 4.79 Å². The molecule has 4 heteroatoms. The first-order valence-corrected chi connectivity index (χ1v) is 5.43. The Morgan fingerprint density at radius 3 is 2.75 bits per heavy atom. The zero-order valence-corrected chi connectivity index (χ0v) is 10.00. The number of halogens is 1. The predicted octanol–water partition coefficient (Wildman–Crippen LogP) is 2.11. The molecule has 0 spiro atoms. The van der Waals surface area contributed by atoms with Crippen LogP contribution in [0.25, 0.3) is 0 Å². The van der Waals surface area contributed by atoms with Crippen LogP contribution < -0.4 is 0 Å². The van der Waals surface area contributed by atoms with Crippen molar-refractivity contribution in [2.45, 2.75) is 6.42 Å². The van der Waals surface area contributed by atoms with E-state index in [-0.39, 0.29) is 12.4 Å². The van der Waals surface area contributed by atoms with Gasteiger partial charge in [0.25, 0.3) is 0 Å². The molecule has 0 N–H and O–H groups in total. The normalized spacial score (nSPS) is 10.4. The molecule has 16 heavy (non-hydrogen) atoms. The lowest BCUT2D eigenvalue weighted by Crippen LogP contribution is -2.14. The SMILES string of the molecule is COCCOCC(=O)Cc1ccccc1Cl. The third kappa shape index (κ3) is 4.75. The fourth-order valence-corrected chi connectivity index (χ4v) is 1.44. The van der Waals surface area contributed by atoms with Gasteiger partial charge < -0.3 is 9.47 Å². The van der Waals surface area contributed by atoms with Crippen molar-refractivity contribution in [1.29, 1.82) is 0 Å². The van der Waals surface area contributed by atoms with Crippen molar-refractivity contribution in [2.75, 3.05) is 26.9 Å². The number of Topliss-reactive ketones (excluding diaryl/α,β-unsaturated/α-hetero) is 1. The number of benzene rings is 1. The molecule has 0 saturated heterocycles. The number of ether oxygens (including phenoxy) is 2. The van der Waals surface area contributed by atoms with Gasteiger partial charge in [-0.15, -0.1) is 0 Å². The van der Waals surface area contributed by atoms with Crippen LogP contribution in [0.3, 0.4) is 0 Å². The molecule has 1 aromatic rings. The van der Waals surface area contributed by atoms with Crippen LogP contribution in [0, 0.1) is 0 Å². The van der Waals surface area contributed by atoms with Gasteiger partial charge in [0.2, 0.25) is 0 Å². The molecule has 0 atom stereocenters. The minimum atomic E-state index is 0.0178. The maximum atomic E-state index is 11.5. The Labute approximate surface area is 100 Å². The van der Waals surface area contributed by atoms with Crippen molar-refractivity contribution in [2.24, 2.45) is 0 Å². The first kappa shape index (κ1) is 13.2. The van der Waals surface area contributed by atoms with Crippen LogP contribution in [-0.4, -0.2) is 32.7 Å². The van der Waals surface area contributed by atoms with Crippen molar-refractivity contribution in [1.82, 2.24) is 0 Å². The molecule has 3 nitrogen and oxygen atoms in total. The summed E-state index contributed by atoms with van der Waals surface area (Å²) in [6, 6.07) is 7.32. The van der Waals surface area contributed by atoms with Crippen LogP contribution >= 0.6 is 11.6 Å². The van der Waals surface area contributed by atoms with E-state index in [1.54, 1.807) is 13.2 Å². The van der Waals surface area contributed by atoms with Crippen LogP contribution in [-0.2, 0) is 20.7 Å². The van der Waals surface area contributed by atoms with Gasteiger partial charge in [0.1, 0.15) is 6.61 Å². The Hall–Kier alpha value is -0.900. The molecule has 0 fully saturated rings. The van der Waals surface area contributed by atoms with E-state index in [2.05, 4.69) is 0 Å². The highest BCUT2D eigenvalue weighted by atomic mass is 35.5. The Morgan fingerprint density at radius 1 is 1.31 bits per heavy atom. The molecule has 0 unspecified atom stereocenters. The van der Waals surface area contributed by atoms with Gasteiger partial charge in [0.15, 0.2) is 5.78 Å². The Bertz CT molecular complexity index is 339. The molecule has 0 aliphatic rings. The van der Waals surface area contributed by atoms with Gasteiger partial charge in [-0.25, -0.2) is 0 Å². The van der Waals surface area contributed by atoms with E-state index in [9.17, 15) is 4.79 Å². The van der Waals surface area contributed by atoms with Crippen molar-refractivity contribution in [3.05, 3.63) is 34.9 Å². The number of hydrogen-bond donors (Lipinski definition) is 0. The van der Waals surface area contributed by atoms with Crippen molar-refractivity contribution in [3.8, 4) is 0 Å². The van der Waals surface area contributed by atoms with Crippen LogP contribution in [0.1, 0.15) is 5.56 Å².